The Labute approximate surface area is 75.8 Å². The quantitative estimate of drug-likeness (QED) is 0.316. The van der Waals surface area contributed by atoms with Gasteiger partial charge in [0.1, 0.15) is 0 Å². The molecule has 1 saturated heterocycles. The Balaban J connectivity index is 2.03. The third-order valence-corrected chi connectivity index (χ3v) is 3.58. The molecule has 1 heterocycles. The van der Waals surface area contributed by atoms with Crippen molar-refractivity contribution in [2.45, 2.75) is 19.3 Å². The first kappa shape index (κ1) is 7.30. The second-order valence-electron chi connectivity index (χ2n) is 4.29. The average molecular weight is 178 g/mol. The van der Waals surface area contributed by atoms with Crippen molar-refractivity contribution < 1.29 is 14.3 Å². The molecule has 13 heavy (non-hydrogen) atoms. The molecule has 3 atom stereocenters. The predicted octanol–water partition coefficient (Wildman–Crippen LogP) is 1.04. The molecular formula is C10H10O3. The molecule has 68 valence electrons. The highest BCUT2D eigenvalue weighted by atomic mass is 16.6. The predicted molar refractivity (Wildman–Crippen MR) is 43.5 cm³/mol. The lowest BCUT2D eigenvalue weighted by atomic mass is 9.75. The zero-order valence-electron chi connectivity index (χ0n) is 7.16. The highest BCUT2D eigenvalue weighted by molar-refractivity contribution is 5.98. The van der Waals surface area contributed by atoms with Gasteiger partial charge in [-0.25, -0.2) is 0 Å². The second-order valence-corrected chi connectivity index (χ2v) is 4.29. The summed E-state index contributed by atoms with van der Waals surface area (Å²) >= 11 is 0. The average Bonchev–Trinajstić information content (AvgIpc) is 2.68. The number of allylic oxidation sites excluding steroid dienone is 2. The largest absolute Gasteiger partial charge is 0.393 e. The van der Waals surface area contributed by atoms with Crippen LogP contribution in [0.2, 0.25) is 0 Å². The van der Waals surface area contributed by atoms with Crippen molar-refractivity contribution in [3.8, 4) is 0 Å². The van der Waals surface area contributed by atoms with Gasteiger partial charge >= 0.3 is 11.9 Å². The van der Waals surface area contributed by atoms with Crippen LogP contribution in [0.3, 0.4) is 0 Å². The third kappa shape index (κ3) is 0.747. The smallest absolute Gasteiger partial charge is 0.320 e. The molecule has 0 unspecified atom stereocenters. The minimum Gasteiger partial charge on any atom is -0.393 e. The maximum Gasteiger partial charge on any atom is 0.320 e. The normalized spacial score (nSPS) is 46.5. The van der Waals surface area contributed by atoms with Crippen LogP contribution in [0.1, 0.15) is 19.3 Å². The van der Waals surface area contributed by atoms with Crippen molar-refractivity contribution in [3.63, 3.8) is 0 Å². The fourth-order valence-electron chi connectivity index (χ4n) is 2.96. The molecule has 0 aromatic carbocycles. The lowest BCUT2D eigenvalue weighted by Crippen LogP contribution is -2.30. The van der Waals surface area contributed by atoms with E-state index in [0.29, 0.717) is 12.3 Å². The van der Waals surface area contributed by atoms with Crippen LogP contribution < -0.4 is 0 Å². The fraction of sp³-hybridized carbons (Fsp3) is 0.600. The summed E-state index contributed by atoms with van der Waals surface area (Å²) in [5, 5.41) is 0. The van der Waals surface area contributed by atoms with Crippen molar-refractivity contribution >= 4 is 11.9 Å². The van der Waals surface area contributed by atoms with Crippen LogP contribution in [0, 0.1) is 17.3 Å². The molecule has 1 spiro atoms. The van der Waals surface area contributed by atoms with Gasteiger partial charge in [-0.05, 0) is 24.7 Å². The van der Waals surface area contributed by atoms with Gasteiger partial charge in [0.2, 0.25) is 0 Å². The van der Waals surface area contributed by atoms with E-state index in [1.165, 1.54) is 0 Å². The van der Waals surface area contributed by atoms with Crippen LogP contribution >= 0.6 is 0 Å². The van der Waals surface area contributed by atoms with E-state index in [0.717, 1.165) is 12.8 Å². The molecule has 3 rings (SSSR count). The Bertz CT molecular complexity index is 331. The van der Waals surface area contributed by atoms with Crippen molar-refractivity contribution in [1.29, 1.82) is 0 Å². The number of carbonyl (C=O) groups excluding carboxylic acids is 2. The number of carbonyl (C=O) groups is 2. The first-order chi connectivity index (χ1) is 6.21. The second kappa shape index (κ2) is 2.03. The SMILES string of the molecule is O=C1C[C@]2(C[C@H]3C=C[C@@H]2C3)C(=O)O1. The van der Waals surface area contributed by atoms with E-state index in [4.69, 9.17) is 0 Å². The van der Waals surface area contributed by atoms with Gasteiger partial charge < -0.3 is 4.74 Å². The van der Waals surface area contributed by atoms with Crippen LogP contribution in [-0.2, 0) is 14.3 Å². The molecule has 3 aliphatic rings. The third-order valence-electron chi connectivity index (χ3n) is 3.58. The zero-order chi connectivity index (χ0) is 9.05. The first-order valence-corrected chi connectivity index (χ1v) is 4.64. The zero-order valence-corrected chi connectivity index (χ0v) is 7.16. The summed E-state index contributed by atoms with van der Waals surface area (Å²) < 4.78 is 4.64. The molecule has 2 aliphatic carbocycles. The lowest BCUT2D eigenvalue weighted by Gasteiger charge is -2.24. The Morgan fingerprint density at radius 1 is 1.38 bits per heavy atom. The number of fused-ring (bicyclic) bond motifs is 3. The summed E-state index contributed by atoms with van der Waals surface area (Å²) in [5.41, 5.74) is -0.462. The Kier molecular flexibility index (Phi) is 1.14. The molecule has 1 saturated carbocycles. The molecule has 2 bridgehead atoms. The highest BCUT2D eigenvalue weighted by Gasteiger charge is 2.59. The highest BCUT2D eigenvalue weighted by Crippen LogP contribution is 2.56. The van der Waals surface area contributed by atoms with Crippen LogP contribution in [0.4, 0.5) is 0 Å². The molecule has 0 aromatic rings. The van der Waals surface area contributed by atoms with Crippen LogP contribution in [0.5, 0.6) is 0 Å². The van der Waals surface area contributed by atoms with Gasteiger partial charge in [0.05, 0.1) is 11.8 Å². The van der Waals surface area contributed by atoms with E-state index in [1.807, 2.05) is 0 Å². The molecule has 3 heteroatoms. The molecule has 3 nitrogen and oxygen atoms in total. The summed E-state index contributed by atoms with van der Waals surface area (Å²) in [7, 11) is 0. The lowest BCUT2D eigenvalue weighted by molar-refractivity contribution is -0.155. The minimum absolute atomic E-state index is 0.261. The Morgan fingerprint density at radius 3 is 2.69 bits per heavy atom. The summed E-state index contributed by atoms with van der Waals surface area (Å²) in [6.45, 7) is 0. The Hall–Kier alpha value is -1.12. The van der Waals surface area contributed by atoms with E-state index in [2.05, 4.69) is 16.9 Å². The molecule has 0 radical (unpaired) electrons. The number of cyclic esters (lactones) is 2. The van der Waals surface area contributed by atoms with E-state index in [1.54, 1.807) is 0 Å². The summed E-state index contributed by atoms with van der Waals surface area (Å²) in [4.78, 5) is 22.5. The Morgan fingerprint density at radius 2 is 2.23 bits per heavy atom. The standard InChI is InChI=1S/C10H10O3/c11-8-5-10(9(12)13-8)4-6-1-2-7(10)3-6/h1-2,6-7H,3-5H2/t6-,7+,10-/m0/s1. The molecular weight excluding hydrogens is 168 g/mol. The number of hydrogen-bond acceptors (Lipinski definition) is 3. The molecule has 1 aliphatic heterocycles. The van der Waals surface area contributed by atoms with Gasteiger partial charge in [0.15, 0.2) is 0 Å². The minimum atomic E-state index is -0.462. The monoisotopic (exact) mass is 178 g/mol. The first-order valence-electron chi connectivity index (χ1n) is 4.64. The van der Waals surface area contributed by atoms with E-state index < -0.39 is 5.41 Å². The van der Waals surface area contributed by atoms with Crippen LogP contribution in [0.15, 0.2) is 12.2 Å². The van der Waals surface area contributed by atoms with Crippen LogP contribution in [0.25, 0.3) is 0 Å². The summed E-state index contributed by atoms with van der Waals surface area (Å²) in [5.74, 6) is 0.139. The van der Waals surface area contributed by atoms with Crippen LogP contribution in [-0.4, -0.2) is 11.9 Å². The molecule has 0 amide bonds. The van der Waals surface area contributed by atoms with Gasteiger partial charge in [-0.1, -0.05) is 12.2 Å². The maximum absolute atomic E-state index is 11.5. The summed E-state index contributed by atoms with van der Waals surface area (Å²) in [6.07, 6.45) is 6.39. The van der Waals surface area contributed by atoms with Crippen molar-refractivity contribution in [2.75, 3.05) is 0 Å². The van der Waals surface area contributed by atoms with Crippen molar-refractivity contribution in [3.05, 3.63) is 12.2 Å². The maximum atomic E-state index is 11.5. The number of ether oxygens (including phenoxy) is 1. The van der Waals surface area contributed by atoms with E-state index in [-0.39, 0.29) is 17.9 Å². The van der Waals surface area contributed by atoms with E-state index >= 15 is 0 Å². The van der Waals surface area contributed by atoms with Gasteiger partial charge in [0.25, 0.3) is 0 Å². The van der Waals surface area contributed by atoms with E-state index in [9.17, 15) is 9.59 Å². The van der Waals surface area contributed by atoms with Crippen molar-refractivity contribution in [1.82, 2.24) is 0 Å². The molecule has 2 fully saturated rings. The molecule has 0 N–H and O–H groups in total. The molecule has 0 aromatic heterocycles. The van der Waals surface area contributed by atoms with Gasteiger partial charge in [0, 0.05) is 0 Å². The van der Waals surface area contributed by atoms with Gasteiger partial charge in [-0.2, -0.15) is 0 Å². The number of esters is 2. The summed E-state index contributed by atoms with van der Waals surface area (Å²) in [6, 6.07) is 0. The van der Waals surface area contributed by atoms with Gasteiger partial charge in [-0.15, -0.1) is 0 Å². The number of hydrogen-bond donors (Lipinski definition) is 0. The number of rotatable bonds is 0. The van der Waals surface area contributed by atoms with Crippen molar-refractivity contribution in [2.24, 2.45) is 17.3 Å². The topological polar surface area (TPSA) is 43.4 Å². The van der Waals surface area contributed by atoms with Gasteiger partial charge in [-0.3, -0.25) is 9.59 Å². The fourth-order valence-corrected chi connectivity index (χ4v) is 2.96.